The van der Waals surface area contributed by atoms with Crippen LogP contribution < -0.4 is 0 Å². The molecule has 1 aromatic heterocycles. The van der Waals surface area contributed by atoms with E-state index in [0.29, 0.717) is 0 Å². The first kappa shape index (κ1) is 10.6. The van der Waals surface area contributed by atoms with Gasteiger partial charge in [0.15, 0.2) is 0 Å². The SMILES string of the molecule is C=C.C=Cc1cc(CC)ncn1. The third-order valence-electron chi connectivity index (χ3n) is 1.32. The fourth-order valence-electron chi connectivity index (χ4n) is 0.720. The fourth-order valence-corrected chi connectivity index (χ4v) is 0.720. The molecule has 0 saturated heterocycles. The van der Waals surface area contributed by atoms with E-state index in [9.17, 15) is 0 Å². The van der Waals surface area contributed by atoms with Gasteiger partial charge in [0.05, 0.1) is 5.69 Å². The lowest BCUT2D eigenvalue weighted by atomic mass is 10.3. The number of hydrogen-bond acceptors (Lipinski definition) is 2. The molecule has 0 aliphatic heterocycles. The minimum absolute atomic E-state index is 0.895. The molecule has 2 heteroatoms. The van der Waals surface area contributed by atoms with Crippen molar-refractivity contribution in [2.24, 2.45) is 0 Å². The van der Waals surface area contributed by atoms with Gasteiger partial charge in [0.25, 0.3) is 0 Å². The first-order chi connectivity index (χ1) is 5.86. The van der Waals surface area contributed by atoms with E-state index in [1.54, 1.807) is 12.4 Å². The van der Waals surface area contributed by atoms with Gasteiger partial charge in [-0.25, -0.2) is 9.97 Å². The van der Waals surface area contributed by atoms with Gasteiger partial charge in [-0.2, -0.15) is 0 Å². The molecule has 0 aliphatic rings. The molecule has 0 N–H and O–H groups in total. The highest BCUT2D eigenvalue weighted by Gasteiger charge is 1.90. The second-order valence-corrected chi connectivity index (χ2v) is 1.99. The van der Waals surface area contributed by atoms with Crippen LogP contribution in [0.1, 0.15) is 18.3 Å². The molecular weight excluding hydrogens is 148 g/mol. The van der Waals surface area contributed by atoms with Crippen LogP contribution in [0.3, 0.4) is 0 Å². The van der Waals surface area contributed by atoms with Crippen LogP contribution in [0.15, 0.2) is 32.1 Å². The highest BCUT2D eigenvalue weighted by molar-refractivity contribution is 5.40. The summed E-state index contributed by atoms with van der Waals surface area (Å²) in [6, 6.07) is 1.94. The Morgan fingerprint density at radius 1 is 1.42 bits per heavy atom. The van der Waals surface area contributed by atoms with Crippen molar-refractivity contribution in [3.63, 3.8) is 0 Å². The van der Waals surface area contributed by atoms with E-state index in [2.05, 4.69) is 36.6 Å². The molecule has 0 atom stereocenters. The van der Waals surface area contributed by atoms with Crippen molar-refractivity contribution < 1.29 is 0 Å². The predicted molar refractivity (Wildman–Crippen MR) is 52.8 cm³/mol. The molecule has 1 heterocycles. The van der Waals surface area contributed by atoms with E-state index in [4.69, 9.17) is 0 Å². The maximum absolute atomic E-state index is 4.05. The van der Waals surface area contributed by atoms with Gasteiger partial charge in [-0.1, -0.05) is 13.5 Å². The molecule has 2 nitrogen and oxygen atoms in total. The second-order valence-electron chi connectivity index (χ2n) is 1.99. The van der Waals surface area contributed by atoms with Gasteiger partial charge in [0.1, 0.15) is 6.33 Å². The summed E-state index contributed by atoms with van der Waals surface area (Å²) in [5.41, 5.74) is 1.96. The van der Waals surface area contributed by atoms with Gasteiger partial charge in [-0.3, -0.25) is 0 Å². The number of hydrogen-bond donors (Lipinski definition) is 0. The summed E-state index contributed by atoms with van der Waals surface area (Å²) in [5.74, 6) is 0. The lowest BCUT2D eigenvalue weighted by Crippen LogP contribution is -1.89. The van der Waals surface area contributed by atoms with Crippen molar-refractivity contribution in [3.05, 3.63) is 43.5 Å². The van der Waals surface area contributed by atoms with Crippen LogP contribution in [0.5, 0.6) is 0 Å². The molecule has 64 valence electrons. The Labute approximate surface area is 73.7 Å². The van der Waals surface area contributed by atoms with Crippen LogP contribution in [-0.4, -0.2) is 9.97 Å². The number of nitrogens with zero attached hydrogens (tertiary/aromatic N) is 2. The van der Waals surface area contributed by atoms with Crippen molar-refractivity contribution in [3.8, 4) is 0 Å². The van der Waals surface area contributed by atoms with Gasteiger partial charge in [-0.15, -0.1) is 13.2 Å². The topological polar surface area (TPSA) is 25.8 Å². The van der Waals surface area contributed by atoms with E-state index in [1.165, 1.54) is 0 Å². The lowest BCUT2D eigenvalue weighted by molar-refractivity contribution is 0.993. The fraction of sp³-hybridized carbons (Fsp3) is 0.200. The Balaban J connectivity index is 0.000000561. The minimum Gasteiger partial charge on any atom is -0.241 e. The van der Waals surface area contributed by atoms with Crippen molar-refractivity contribution in [2.75, 3.05) is 0 Å². The molecule has 0 aromatic carbocycles. The van der Waals surface area contributed by atoms with Crippen LogP contribution in [0.2, 0.25) is 0 Å². The monoisotopic (exact) mass is 162 g/mol. The summed E-state index contributed by atoms with van der Waals surface area (Å²) >= 11 is 0. The molecule has 0 bridgehead atoms. The summed E-state index contributed by atoms with van der Waals surface area (Å²) in [4.78, 5) is 8.02. The number of aromatic nitrogens is 2. The van der Waals surface area contributed by atoms with E-state index < -0.39 is 0 Å². The maximum atomic E-state index is 4.05. The molecule has 0 unspecified atom stereocenters. The van der Waals surface area contributed by atoms with Gasteiger partial charge in [-0.05, 0) is 18.6 Å². The highest BCUT2D eigenvalue weighted by Crippen LogP contribution is 1.98. The summed E-state index contributed by atoms with van der Waals surface area (Å²) < 4.78 is 0. The first-order valence-corrected chi connectivity index (χ1v) is 3.80. The Bertz CT molecular complexity index is 243. The molecule has 1 rings (SSSR count). The minimum atomic E-state index is 0.895. The van der Waals surface area contributed by atoms with Crippen LogP contribution in [0.4, 0.5) is 0 Å². The van der Waals surface area contributed by atoms with E-state index in [1.807, 2.05) is 6.07 Å². The van der Waals surface area contributed by atoms with Gasteiger partial charge < -0.3 is 0 Å². The zero-order valence-corrected chi connectivity index (χ0v) is 7.45. The summed E-state index contributed by atoms with van der Waals surface area (Å²) in [7, 11) is 0. The average Bonchev–Trinajstić information content (AvgIpc) is 2.21. The predicted octanol–water partition coefficient (Wildman–Crippen LogP) is 2.48. The molecule has 1 aromatic rings. The molecule has 0 radical (unpaired) electrons. The zero-order chi connectivity index (χ0) is 9.40. The van der Waals surface area contributed by atoms with Gasteiger partial charge >= 0.3 is 0 Å². The van der Waals surface area contributed by atoms with E-state index in [0.717, 1.165) is 17.8 Å². The van der Waals surface area contributed by atoms with Crippen molar-refractivity contribution >= 4 is 6.08 Å². The summed E-state index contributed by atoms with van der Waals surface area (Å²) in [6.45, 7) is 11.7. The molecule has 0 fully saturated rings. The normalized spacial score (nSPS) is 8.08. The average molecular weight is 162 g/mol. The number of aryl methyl sites for hydroxylation is 1. The Kier molecular flexibility index (Phi) is 5.53. The quantitative estimate of drug-likeness (QED) is 0.624. The van der Waals surface area contributed by atoms with Crippen LogP contribution in [0, 0.1) is 0 Å². The van der Waals surface area contributed by atoms with Crippen molar-refractivity contribution in [1.82, 2.24) is 9.97 Å². The third-order valence-corrected chi connectivity index (χ3v) is 1.32. The molecular formula is C10H14N2. The van der Waals surface area contributed by atoms with Gasteiger partial charge in [0, 0.05) is 5.69 Å². The largest absolute Gasteiger partial charge is 0.241 e. The third kappa shape index (κ3) is 3.10. The van der Waals surface area contributed by atoms with Crippen LogP contribution in [0.25, 0.3) is 6.08 Å². The molecule has 0 saturated carbocycles. The highest BCUT2D eigenvalue weighted by atomic mass is 14.8. The standard InChI is InChI=1S/C8H10N2.C2H4/c1-3-7-5-8(4-2)10-6-9-7;1-2/h3,5-6H,1,4H2,2H3;1-2H2. The van der Waals surface area contributed by atoms with Crippen molar-refractivity contribution in [1.29, 1.82) is 0 Å². The Hall–Kier alpha value is -1.44. The molecule has 0 aliphatic carbocycles. The lowest BCUT2D eigenvalue weighted by Gasteiger charge is -1.94. The smallest absolute Gasteiger partial charge is 0.116 e. The summed E-state index contributed by atoms with van der Waals surface area (Å²) in [6.07, 6.45) is 4.24. The van der Waals surface area contributed by atoms with Gasteiger partial charge in [0.2, 0.25) is 0 Å². The first-order valence-electron chi connectivity index (χ1n) is 3.80. The second kappa shape index (κ2) is 6.28. The Morgan fingerprint density at radius 2 is 2.08 bits per heavy atom. The molecule has 12 heavy (non-hydrogen) atoms. The van der Waals surface area contributed by atoms with Crippen LogP contribution in [-0.2, 0) is 6.42 Å². The Morgan fingerprint density at radius 3 is 2.58 bits per heavy atom. The van der Waals surface area contributed by atoms with E-state index in [-0.39, 0.29) is 0 Å². The maximum Gasteiger partial charge on any atom is 0.116 e. The van der Waals surface area contributed by atoms with E-state index >= 15 is 0 Å². The molecule has 0 amide bonds. The number of rotatable bonds is 2. The molecule has 0 spiro atoms. The van der Waals surface area contributed by atoms with Crippen molar-refractivity contribution in [2.45, 2.75) is 13.3 Å². The summed E-state index contributed by atoms with van der Waals surface area (Å²) in [5, 5.41) is 0. The van der Waals surface area contributed by atoms with Crippen LogP contribution >= 0.6 is 0 Å². The zero-order valence-electron chi connectivity index (χ0n) is 7.45.